The van der Waals surface area contributed by atoms with E-state index in [0.717, 1.165) is 40.3 Å². The fourth-order valence-corrected chi connectivity index (χ4v) is 9.65. The molecular weight excluding hydrogens is 708 g/mol. The zero-order chi connectivity index (χ0) is 36.0. The van der Waals surface area contributed by atoms with Gasteiger partial charge in [0.1, 0.15) is 16.7 Å². The number of allylic oxidation sites excluding steroid dienone is 1. The maximum absolute atomic E-state index is 14.4. The van der Waals surface area contributed by atoms with Crippen LogP contribution in [0.2, 0.25) is 5.02 Å². The summed E-state index contributed by atoms with van der Waals surface area (Å²) in [4.78, 5) is 49.5. The van der Waals surface area contributed by atoms with Crippen molar-refractivity contribution in [1.82, 2.24) is 19.9 Å². The molecule has 13 heteroatoms. The van der Waals surface area contributed by atoms with Gasteiger partial charge >= 0.3 is 0 Å². The Kier molecular flexibility index (Phi) is 9.79. The van der Waals surface area contributed by atoms with Crippen molar-refractivity contribution in [3.63, 3.8) is 0 Å². The number of carbonyl (C=O) groups excluding carboxylic acids is 3. The van der Waals surface area contributed by atoms with E-state index >= 15 is 0 Å². The van der Waals surface area contributed by atoms with Crippen LogP contribution in [0.15, 0.2) is 66.7 Å². The molecule has 5 atom stereocenters. The number of halogens is 1. The Morgan fingerprint density at radius 3 is 2.51 bits per heavy atom. The Hall–Kier alpha value is -3.74. The Labute approximate surface area is 308 Å². The average molecular weight is 751 g/mol. The highest BCUT2D eigenvalue weighted by molar-refractivity contribution is 7.91. The van der Waals surface area contributed by atoms with Gasteiger partial charge in [0.2, 0.25) is 27.7 Å². The summed E-state index contributed by atoms with van der Waals surface area (Å²) in [7, 11) is -2.15. The molecular formula is C38H43ClN4O6S2. The van der Waals surface area contributed by atoms with Gasteiger partial charge in [0.15, 0.2) is 0 Å². The first-order chi connectivity index (χ1) is 24.4. The van der Waals surface area contributed by atoms with Crippen LogP contribution >= 0.6 is 22.9 Å². The largest absolute Gasteiger partial charge is 0.473 e. The van der Waals surface area contributed by atoms with Crippen LogP contribution in [0.25, 0.3) is 21.0 Å². The fraction of sp³-hybridized carbons (Fsp3) is 0.474. The second-order valence-electron chi connectivity index (χ2n) is 14.6. The van der Waals surface area contributed by atoms with Gasteiger partial charge in [0, 0.05) is 36.0 Å². The van der Waals surface area contributed by atoms with Crippen LogP contribution in [0.4, 0.5) is 0 Å². The number of hydrogen-bond donors (Lipinski definition) is 2. The number of rotatable bonds is 7. The van der Waals surface area contributed by atoms with Gasteiger partial charge in [-0.15, -0.1) is 11.3 Å². The summed E-state index contributed by atoms with van der Waals surface area (Å²) in [6.45, 7) is 2.20. The Morgan fingerprint density at radius 1 is 1.04 bits per heavy atom. The number of nitrogens with zero attached hydrogens (tertiary/aromatic N) is 2. The van der Waals surface area contributed by atoms with Crippen molar-refractivity contribution in [3.8, 4) is 26.9 Å². The van der Waals surface area contributed by atoms with Crippen molar-refractivity contribution in [2.24, 2.45) is 17.8 Å². The SMILES string of the molecule is CN1CCCC/C=C\[C@H]2C[C@@]2(C(=O)NS(=O)(=O)C2(C)CC2)NC(=O)[C@@H]2C[C@@H](Oc3nc(-c4ccccc4)sc3-c3ccc(Cl)cc3)CC[C@H]2C1=O. The molecule has 10 nitrogen and oxygen atoms in total. The van der Waals surface area contributed by atoms with Crippen molar-refractivity contribution in [2.75, 3.05) is 13.6 Å². The van der Waals surface area contributed by atoms with E-state index in [1.165, 1.54) is 11.3 Å². The van der Waals surface area contributed by atoms with Crippen LogP contribution in [0.1, 0.15) is 64.7 Å². The topological polar surface area (TPSA) is 135 Å². The van der Waals surface area contributed by atoms with E-state index in [4.69, 9.17) is 21.3 Å². The smallest absolute Gasteiger partial charge is 0.259 e. The molecule has 2 N–H and O–H groups in total. The molecule has 0 saturated heterocycles. The number of hydrogen-bond acceptors (Lipinski definition) is 8. The van der Waals surface area contributed by atoms with E-state index in [2.05, 4.69) is 10.0 Å². The minimum Gasteiger partial charge on any atom is -0.473 e. The molecule has 3 aliphatic carbocycles. The lowest BCUT2D eigenvalue weighted by molar-refractivity contribution is -0.145. The molecule has 3 aromatic rings. The maximum atomic E-state index is 14.4. The van der Waals surface area contributed by atoms with E-state index in [0.29, 0.717) is 43.1 Å². The molecule has 2 aromatic carbocycles. The van der Waals surface area contributed by atoms with Crippen molar-refractivity contribution in [2.45, 2.75) is 81.1 Å². The third kappa shape index (κ3) is 7.32. The van der Waals surface area contributed by atoms with E-state index in [1.807, 2.05) is 66.7 Å². The van der Waals surface area contributed by atoms with Crippen molar-refractivity contribution in [1.29, 1.82) is 0 Å². The molecule has 0 bridgehead atoms. The number of thiazole rings is 1. The third-order valence-corrected chi connectivity index (χ3v) is 14.5. The number of amides is 3. The molecule has 1 aromatic heterocycles. The predicted molar refractivity (Wildman–Crippen MR) is 198 cm³/mol. The number of sulfonamides is 1. The Morgan fingerprint density at radius 2 is 1.78 bits per heavy atom. The fourth-order valence-electron chi connectivity index (χ4n) is 7.20. The highest BCUT2D eigenvalue weighted by atomic mass is 35.5. The Balaban J connectivity index is 1.18. The summed E-state index contributed by atoms with van der Waals surface area (Å²) >= 11 is 7.71. The van der Waals surface area contributed by atoms with Crippen LogP contribution in [0.3, 0.4) is 0 Å². The molecule has 270 valence electrons. The first kappa shape index (κ1) is 35.7. The first-order valence-corrected chi connectivity index (χ1v) is 20.4. The van der Waals surface area contributed by atoms with E-state index in [-0.39, 0.29) is 24.7 Å². The van der Waals surface area contributed by atoms with Crippen molar-refractivity contribution < 1.29 is 27.5 Å². The second kappa shape index (κ2) is 14.0. The summed E-state index contributed by atoms with van der Waals surface area (Å²) in [5.41, 5.74) is 0.431. The van der Waals surface area contributed by atoms with Gasteiger partial charge in [-0.2, -0.15) is 0 Å². The minimum absolute atomic E-state index is 0.113. The number of aromatic nitrogens is 1. The van der Waals surface area contributed by atoms with Crippen LogP contribution < -0.4 is 14.8 Å². The van der Waals surface area contributed by atoms with Gasteiger partial charge in [-0.05, 0) is 82.4 Å². The van der Waals surface area contributed by atoms with Crippen molar-refractivity contribution in [3.05, 3.63) is 71.8 Å². The lowest BCUT2D eigenvalue weighted by Gasteiger charge is -2.37. The van der Waals surface area contributed by atoms with Crippen LogP contribution in [0.5, 0.6) is 5.88 Å². The molecule has 0 unspecified atom stereocenters. The van der Waals surface area contributed by atoms with Crippen molar-refractivity contribution >= 4 is 50.7 Å². The molecule has 51 heavy (non-hydrogen) atoms. The number of nitrogens with one attached hydrogen (secondary N) is 2. The summed E-state index contributed by atoms with van der Waals surface area (Å²) in [6.07, 6.45) is 8.27. The van der Waals surface area contributed by atoms with Crippen LogP contribution in [-0.4, -0.2) is 66.0 Å². The molecule has 1 aliphatic heterocycles. The molecule has 3 fully saturated rings. The predicted octanol–water partition coefficient (Wildman–Crippen LogP) is 6.37. The second-order valence-corrected chi connectivity index (χ2v) is 18.3. The van der Waals surface area contributed by atoms with E-state index in [9.17, 15) is 22.8 Å². The minimum atomic E-state index is -3.92. The van der Waals surface area contributed by atoms with Gasteiger partial charge in [0.25, 0.3) is 5.91 Å². The molecule has 0 radical (unpaired) electrons. The highest BCUT2D eigenvalue weighted by Crippen LogP contribution is 2.48. The van der Waals surface area contributed by atoms with Gasteiger partial charge < -0.3 is 15.0 Å². The van der Waals surface area contributed by atoms with E-state index in [1.54, 1.807) is 18.9 Å². The van der Waals surface area contributed by atoms with Crippen LogP contribution in [-0.2, 0) is 24.4 Å². The quantitative estimate of drug-likeness (QED) is 0.268. The summed E-state index contributed by atoms with van der Waals surface area (Å²) < 4.78 is 34.2. The lowest BCUT2D eigenvalue weighted by Crippen LogP contribution is -2.56. The maximum Gasteiger partial charge on any atom is 0.259 e. The zero-order valence-corrected chi connectivity index (χ0v) is 31.2. The standard InChI is InChI=1S/C38H43ClN4O6S2/c1-37(19-20-37)51(47,48)42-36(46)38-23-26(38)12-8-3-4-9-21-43(2)35(45)29-18-17-28(22-30(29)32(44)41-38)49-33-31(24-13-15-27(39)16-14-24)50-34(40-33)25-10-6-5-7-11-25/h5-8,10-16,26,28-30H,3-4,9,17-23H2,1-2H3,(H,41,44)(H,42,46)/b12-8-/t26-,28-,29+,30+,38+/m0/s1. The molecule has 3 saturated carbocycles. The summed E-state index contributed by atoms with van der Waals surface area (Å²) in [6, 6.07) is 17.3. The number of carbonyl (C=O) groups is 3. The summed E-state index contributed by atoms with van der Waals surface area (Å²) in [5.74, 6) is -2.62. The van der Waals surface area contributed by atoms with Crippen LogP contribution in [0, 0.1) is 17.8 Å². The average Bonchev–Trinajstić information content (AvgIpc) is 4.00. The van der Waals surface area contributed by atoms with Gasteiger partial charge in [0.05, 0.1) is 15.5 Å². The lowest BCUT2D eigenvalue weighted by atomic mass is 9.76. The van der Waals surface area contributed by atoms with Gasteiger partial charge in [-0.3, -0.25) is 19.1 Å². The first-order valence-electron chi connectivity index (χ1n) is 17.7. The zero-order valence-electron chi connectivity index (χ0n) is 28.8. The van der Waals surface area contributed by atoms with E-state index < -0.39 is 50.1 Å². The molecule has 3 amide bonds. The number of ether oxygens (including phenoxy) is 1. The normalized spacial score (nSPS) is 28.3. The molecule has 0 spiro atoms. The summed E-state index contributed by atoms with van der Waals surface area (Å²) in [5, 5.41) is 4.38. The number of benzene rings is 2. The highest BCUT2D eigenvalue weighted by Gasteiger charge is 2.63. The number of fused-ring (bicyclic) bond motifs is 2. The van der Waals surface area contributed by atoms with Gasteiger partial charge in [-0.25, -0.2) is 13.4 Å². The third-order valence-electron chi connectivity index (χ3n) is 10.9. The molecule has 4 aliphatic rings. The molecule has 7 rings (SSSR count). The van der Waals surface area contributed by atoms with Gasteiger partial charge in [-0.1, -0.05) is 66.2 Å². The molecule has 2 heterocycles. The Bertz CT molecular complexity index is 1950. The monoisotopic (exact) mass is 750 g/mol.